The smallest absolute Gasteiger partial charge is 0.292 e. The standard InChI is InChI=1S/C9H7NO2/c11-8-5-6-3-1-2-4-7(6)10-9(8)12/h1-5,7H,(H,10,12). The SMILES string of the molecule is O=C1C=C2C=CC=CC2NC1=O. The molecule has 3 nitrogen and oxygen atoms in total. The predicted octanol–water partition coefficient (Wildman–Crippen LogP) is 0.106. The van der Waals surface area contributed by atoms with Gasteiger partial charge >= 0.3 is 0 Å². The summed E-state index contributed by atoms with van der Waals surface area (Å²) in [4.78, 5) is 21.8. The fourth-order valence-electron chi connectivity index (χ4n) is 1.26. The van der Waals surface area contributed by atoms with Gasteiger partial charge in [0.15, 0.2) is 0 Å². The van der Waals surface area contributed by atoms with Gasteiger partial charge in [0.2, 0.25) is 5.78 Å². The summed E-state index contributed by atoms with van der Waals surface area (Å²) in [6.07, 6.45) is 8.73. The molecule has 0 fully saturated rings. The van der Waals surface area contributed by atoms with Crippen LogP contribution in [0.15, 0.2) is 36.0 Å². The van der Waals surface area contributed by atoms with E-state index in [1.807, 2.05) is 24.3 Å². The zero-order valence-electron chi connectivity index (χ0n) is 6.28. The van der Waals surface area contributed by atoms with E-state index in [0.717, 1.165) is 5.57 Å². The maximum Gasteiger partial charge on any atom is 0.292 e. The van der Waals surface area contributed by atoms with Crippen molar-refractivity contribution in [1.29, 1.82) is 0 Å². The Hall–Kier alpha value is -1.64. The number of hydrogen-bond donors (Lipinski definition) is 1. The number of carbonyl (C=O) groups excluding carboxylic acids is 2. The van der Waals surface area contributed by atoms with E-state index in [2.05, 4.69) is 5.32 Å². The van der Waals surface area contributed by atoms with Crippen LogP contribution < -0.4 is 5.32 Å². The fraction of sp³-hybridized carbons (Fsp3) is 0.111. The van der Waals surface area contributed by atoms with Gasteiger partial charge in [0.25, 0.3) is 5.91 Å². The van der Waals surface area contributed by atoms with Gasteiger partial charge in [0.05, 0.1) is 6.04 Å². The molecule has 1 heterocycles. The highest BCUT2D eigenvalue weighted by atomic mass is 16.2. The van der Waals surface area contributed by atoms with Crippen molar-refractivity contribution in [2.45, 2.75) is 6.04 Å². The maximum atomic E-state index is 10.9. The van der Waals surface area contributed by atoms with E-state index in [1.54, 1.807) is 0 Å². The molecular formula is C9H7NO2. The first kappa shape index (κ1) is 7.03. The van der Waals surface area contributed by atoms with E-state index >= 15 is 0 Å². The number of amides is 1. The Morgan fingerprint density at radius 2 is 2.08 bits per heavy atom. The van der Waals surface area contributed by atoms with Gasteiger partial charge in [-0.1, -0.05) is 24.3 Å². The Labute approximate surface area is 69.5 Å². The number of ketones is 1. The molecule has 1 amide bonds. The summed E-state index contributed by atoms with van der Waals surface area (Å²) in [5.41, 5.74) is 0.849. The average Bonchev–Trinajstić information content (AvgIpc) is 2.07. The van der Waals surface area contributed by atoms with E-state index in [9.17, 15) is 9.59 Å². The van der Waals surface area contributed by atoms with E-state index in [-0.39, 0.29) is 6.04 Å². The Kier molecular flexibility index (Phi) is 1.43. The number of allylic oxidation sites excluding steroid dienone is 2. The van der Waals surface area contributed by atoms with Crippen LogP contribution >= 0.6 is 0 Å². The number of carbonyl (C=O) groups is 2. The molecule has 12 heavy (non-hydrogen) atoms. The van der Waals surface area contributed by atoms with E-state index in [1.165, 1.54) is 6.08 Å². The van der Waals surface area contributed by atoms with Crippen molar-refractivity contribution in [1.82, 2.24) is 5.32 Å². The third kappa shape index (κ3) is 0.993. The third-order valence-corrected chi connectivity index (χ3v) is 1.87. The van der Waals surface area contributed by atoms with Gasteiger partial charge < -0.3 is 5.32 Å². The summed E-state index contributed by atoms with van der Waals surface area (Å²) in [6, 6.07) is -0.111. The number of hydrogen-bond acceptors (Lipinski definition) is 2. The van der Waals surface area contributed by atoms with Crippen LogP contribution in [0.4, 0.5) is 0 Å². The summed E-state index contributed by atoms with van der Waals surface area (Å²) in [6.45, 7) is 0. The second-order valence-electron chi connectivity index (χ2n) is 2.70. The lowest BCUT2D eigenvalue weighted by atomic mass is 9.97. The molecule has 0 aromatic rings. The summed E-state index contributed by atoms with van der Waals surface area (Å²) in [5, 5.41) is 2.57. The number of fused-ring (bicyclic) bond motifs is 1. The monoisotopic (exact) mass is 161 g/mol. The molecule has 0 saturated heterocycles. The van der Waals surface area contributed by atoms with Crippen molar-refractivity contribution in [3.63, 3.8) is 0 Å². The highest BCUT2D eigenvalue weighted by Gasteiger charge is 2.24. The van der Waals surface area contributed by atoms with Gasteiger partial charge in [-0.15, -0.1) is 0 Å². The van der Waals surface area contributed by atoms with Crippen molar-refractivity contribution in [3.05, 3.63) is 36.0 Å². The molecule has 60 valence electrons. The lowest BCUT2D eigenvalue weighted by Gasteiger charge is -2.21. The lowest BCUT2D eigenvalue weighted by molar-refractivity contribution is -0.135. The Bertz CT molecular complexity index is 336. The van der Waals surface area contributed by atoms with Crippen LogP contribution in [0.2, 0.25) is 0 Å². The van der Waals surface area contributed by atoms with Gasteiger partial charge in [0, 0.05) is 0 Å². The molecule has 0 aromatic carbocycles. The summed E-state index contributed by atoms with van der Waals surface area (Å²) >= 11 is 0. The zero-order chi connectivity index (χ0) is 8.55. The van der Waals surface area contributed by atoms with Crippen molar-refractivity contribution < 1.29 is 9.59 Å². The summed E-state index contributed by atoms with van der Waals surface area (Å²) in [7, 11) is 0. The molecule has 2 rings (SSSR count). The predicted molar refractivity (Wildman–Crippen MR) is 43.3 cm³/mol. The van der Waals surface area contributed by atoms with Crippen molar-refractivity contribution in [2.75, 3.05) is 0 Å². The first-order valence-corrected chi connectivity index (χ1v) is 3.68. The molecular weight excluding hydrogens is 154 g/mol. The van der Waals surface area contributed by atoms with Gasteiger partial charge in [-0.25, -0.2) is 0 Å². The molecule has 3 heteroatoms. The van der Waals surface area contributed by atoms with Crippen LogP contribution in [0.25, 0.3) is 0 Å². The minimum atomic E-state index is -0.524. The molecule has 0 saturated carbocycles. The summed E-state index contributed by atoms with van der Waals surface area (Å²) < 4.78 is 0. The van der Waals surface area contributed by atoms with Crippen LogP contribution in [0.1, 0.15) is 0 Å². The van der Waals surface area contributed by atoms with Crippen LogP contribution in [0.3, 0.4) is 0 Å². The minimum Gasteiger partial charge on any atom is -0.339 e. The lowest BCUT2D eigenvalue weighted by Crippen LogP contribution is -2.43. The first-order valence-electron chi connectivity index (χ1n) is 3.68. The fourth-order valence-corrected chi connectivity index (χ4v) is 1.26. The third-order valence-electron chi connectivity index (χ3n) is 1.87. The second-order valence-corrected chi connectivity index (χ2v) is 2.70. The zero-order valence-corrected chi connectivity index (χ0v) is 6.28. The molecule has 0 spiro atoms. The highest BCUT2D eigenvalue weighted by Crippen LogP contribution is 2.14. The Morgan fingerprint density at radius 3 is 2.92 bits per heavy atom. The first-order chi connectivity index (χ1) is 5.77. The second kappa shape index (κ2) is 2.44. The van der Waals surface area contributed by atoms with Crippen LogP contribution in [-0.4, -0.2) is 17.7 Å². The quantitative estimate of drug-likeness (QED) is 0.512. The van der Waals surface area contributed by atoms with Crippen molar-refractivity contribution in [2.24, 2.45) is 0 Å². The molecule has 1 aliphatic carbocycles. The minimum absolute atomic E-state index is 0.111. The Balaban J connectivity index is 2.40. The average molecular weight is 161 g/mol. The largest absolute Gasteiger partial charge is 0.339 e. The van der Waals surface area contributed by atoms with E-state index in [0.29, 0.717) is 0 Å². The molecule has 0 bridgehead atoms. The molecule has 1 N–H and O–H groups in total. The van der Waals surface area contributed by atoms with E-state index in [4.69, 9.17) is 0 Å². The van der Waals surface area contributed by atoms with E-state index < -0.39 is 11.7 Å². The van der Waals surface area contributed by atoms with Gasteiger partial charge in [-0.05, 0) is 11.6 Å². The highest BCUT2D eigenvalue weighted by molar-refractivity contribution is 6.41. The number of nitrogens with one attached hydrogen (secondary N) is 1. The molecule has 1 unspecified atom stereocenters. The van der Waals surface area contributed by atoms with Crippen molar-refractivity contribution >= 4 is 11.7 Å². The molecule has 1 atom stereocenters. The normalized spacial score (nSPS) is 26.3. The van der Waals surface area contributed by atoms with Crippen LogP contribution in [0.5, 0.6) is 0 Å². The Morgan fingerprint density at radius 1 is 1.25 bits per heavy atom. The topological polar surface area (TPSA) is 46.2 Å². The summed E-state index contributed by atoms with van der Waals surface area (Å²) in [5.74, 6) is -0.995. The molecule has 2 aliphatic rings. The van der Waals surface area contributed by atoms with Crippen molar-refractivity contribution in [3.8, 4) is 0 Å². The van der Waals surface area contributed by atoms with Gasteiger partial charge in [-0.3, -0.25) is 9.59 Å². The molecule has 1 aliphatic heterocycles. The van der Waals surface area contributed by atoms with Gasteiger partial charge in [-0.2, -0.15) is 0 Å². The number of rotatable bonds is 0. The van der Waals surface area contributed by atoms with Gasteiger partial charge in [0.1, 0.15) is 0 Å². The molecule has 0 aromatic heterocycles. The van der Waals surface area contributed by atoms with Crippen LogP contribution in [-0.2, 0) is 9.59 Å². The van der Waals surface area contributed by atoms with Crippen LogP contribution in [0, 0.1) is 0 Å². The maximum absolute atomic E-state index is 10.9. The molecule has 0 radical (unpaired) electrons.